The van der Waals surface area contributed by atoms with Gasteiger partial charge in [0.25, 0.3) is 0 Å². The molecule has 0 amide bonds. The van der Waals surface area contributed by atoms with E-state index in [0.717, 1.165) is 17.7 Å². The van der Waals surface area contributed by atoms with Crippen LogP contribution in [0.4, 0.5) is 0 Å². The van der Waals surface area contributed by atoms with Crippen LogP contribution in [0, 0.1) is 6.92 Å². The minimum atomic E-state index is -0.783. The maximum atomic E-state index is 10.3. The Balaban J connectivity index is 0.000000500. The first kappa shape index (κ1) is 12.7. The molecule has 1 aromatic rings. The molecule has 0 heterocycles. The molecule has 0 unspecified atom stereocenters. The van der Waals surface area contributed by atoms with Crippen molar-refractivity contribution in [2.45, 2.75) is 20.3 Å². The van der Waals surface area contributed by atoms with Crippen LogP contribution in [-0.2, 0) is 11.2 Å². The second kappa shape index (κ2) is 7.09. The number of carbonyl (C=O) groups is 1. The van der Waals surface area contributed by atoms with E-state index in [0.29, 0.717) is 0 Å². The van der Waals surface area contributed by atoms with E-state index in [1.165, 1.54) is 0 Å². The Morgan fingerprint density at radius 1 is 1.36 bits per heavy atom. The van der Waals surface area contributed by atoms with E-state index in [-0.39, 0.29) is 6.42 Å². The molecular weight excluding hydrogens is 178 g/mol. The quantitative estimate of drug-likeness (QED) is 0.753. The molecule has 0 saturated carbocycles. The highest BCUT2D eigenvalue weighted by Crippen LogP contribution is 2.03. The minimum absolute atomic E-state index is 0.111. The lowest BCUT2D eigenvalue weighted by Crippen LogP contribution is -1.99. The number of aryl methyl sites for hydroxylation is 1. The Labute approximate surface area is 84.6 Å². The van der Waals surface area contributed by atoms with Gasteiger partial charge in [0.15, 0.2) is 0 Å². The van der Waals surface area contributed by atoms with Gasteiger partial charge in [-0.3, -0.25) is 4.79 Å². The van der Waals surface area contributed by atoms with Crippen LogP contribution in [0.2, 0.25) is 0 Å². The van der Waals surface area contributed by atoms with Crippen LogP contribution in [-0.4, -0.2) is 17.6 Å². The third-order valence-electron chi connectivity index (χ3n) is 1.48. The lowest BCUT2D eigenvalue weighted by molar-refractivity contribution is -0.136. The van der Waals surface area contributed by atoms with E-state index < -0.39 is 5.97 Å². The fourth-order valence-electron chi connectivity index (χ4n) is 0.881. The molecular formula is C11H17NO2. The molecule has 1 aromatic carbocycles. The maximum Gasteiger partial charge on any atom is 0.307 e. The van der Waals surface area contributed by atoms with Crippen LogP contribution in [0.3, 0.4) is 0 Å². The second-order valence-corrected chi connectivity index (χ2v) is 2.96. The van der Waals surface area contributed by atoms with E-state index in [4.69, 9.17) is 10.8 Å². The SMILES string of the molecule is CCN.Cc1ccc(CC(=O)O)cc1. The lowest BCUT2D eigenvalue weighted by atomic mass is 10.1. The van der Waals surface area contributed by atoms with Crippen molar-refractivity contribution < 1.29 is 9.90 Å². The summed E-state index contributed by atoms with van der Waals surface area (Å²) >= 11 is 0. The molecule has 14 heavy (non-hydrogen) atoms. The minimum Gasteiger partial charge on any atom is -0.481 e. The fourth-order valence-corrected chi connectivity index (χ4v) is 0.881. The molecule has 3 heteroatoms. The second-order valence-electron chi connectivity index (χ2n) is 2.96. The van der Waals surface area contributed by atoms with Gasteiger partial charge >= 0.3 is 5.97 Å². The molecule has 1 rings (SSSR count). The molecule has 0 aliphatic heterocycles. The molecule has 3 N–H and O–H groups in total. The molecule has 0 fully saturated rings. The molecule has 0 radical (unpaired) electrons. The molecule has 0 aliphatic rings. The van der Waals surface area contributed by atoms with Gasteiger partial charge in [-0.1, -0.05) is 36.8 Å². The van der Waals surface area contributed by atoms with Crippen LogP contribution < -0.4 is 5.73 Å². The van der Waals surface area contributed by atoms with E-state index in [1.54, 1.807) is 0 Å². The largest absolute Gasteiger partial charge is 0.481 e. The molecule has 0 saturated heterocycles. The topological polar surface area (TPSA) is 63.3 Å². The maximum absolute atomic E-state index is 10.3. The predicted molar refractivity (Wildman–Crippen MR) is 57.2 cm³/mol. The van der Waals surface area contributed by atoms with Crippen molar-refractivity contribution in [2.75, 3.05) is 6.54 Å². The van der Waals surface area contributed by atoms with Crippen LogP contribution in [0.15, 0.2) is 24.3 Å². The molecule has 3 nitrogen and oxygen atoms in total. The van der Waals surface area contributed by atoms with Crippen molar-refractivity contribution in [3.8, 4) is 0 Å². The van der Waals surface area contributed by atoms with Crippen molar-refractivity contribution in [1.29, 1.82) is 0 Å². The van der Waals surface area contributed by atoms with Gasteiger partial charge in [0.2, 0.25) is 0 Å². The first-order valence-electron chi connectivity index (χ1n) is 4.57. The summed E-state index contributed by atoms with van der Waals surface area (Å²) < 4.78 is 0. The number of nitrogens with two attached hydrogens (primary N) is 1. The summed E-state index contributed by atoms with van der Waals surface area (Å²) in [6.07, 6.45) is 0.111. The van der Waals surface area contributed by atoms with Crippen molar-refractivity contribution in [3.05, 3.63) is 35.4 Å². The van der Waals surface area contributed by atoms with E-state index >= 15 is 0 Å². The Morgan fingerprint density at radius 2 is 1.79 bits per heavy atom. The Bertz CT molecular complexity index is 267. The lowest BCUT2D eigenvalue weighted by Gasteiger charge is -1.96. The molecule has 0 aromatic heterocycles. The van der Waals surface area contributed by atoms with Crippen molar-refractivity contribution in [1.82, 2.24) is 0 Å². The van der Waals surface area contributed by atoms with Crippen molar-refractivity contribution in [3.63, 3.8) is 0 Å². The normalized spacial score (nSPS) is 8.79. The van der Waals surface area contributed by atoms with E-state index in [2.05, 4.69) is 0 Å². The summed E-state index contributed by atoms with van der Waals surface area (Å²) in [4.78, 5) is 10.3. The number of aliphatic carboxylic acids is 1. The summed E-state index contributed by atoms with van der Waals surface area (Å²) in [5, 5.41) is 8.44. The Hall–Kier alpha value is -1.35. The highest BCUT2D eigenvalue weighted by atomic mass is 16.4. The standard InChI is InChI=1S/C9H10O2.C2H7N/c1-7-2-4-8(5-3-7)6-9(10)11;1-2-3/h2-5H,6H2,1H3,(H,10,11);2-3H2,1H3. The van der Waals surface area contributed by atoms with Gasteiger partial charge in [0.05, 0.1) is 6.42 Å². The van der Waals surface area contributed by atoms with Crippen LogP contribution in [0.25, 0.3) is 0 Å². The molecule has 0 atom stereocenters. The summed E-state index contributed by atoms with van der Waals surface area (Å²) in [5.41, 5.74) is 6.85. The van der Waals surface area contributed by atoms with Crippen LogP contribution in [0.1, 0.15) is 18.1 Å². The van der Waals surface area contributed by atoms with Gasteiger partial charge in [-0.05, 0) is 19.0 Å². The molecule has 0 spiro atoms. The van der Waals surface area contributed by atoms with Crippen molar-refractivity contribution in [2.24, 2.45) is 5.73 Å². The van der Waals surface area contributed by atoms with Gasteiger partial charge in [0.1, 0.15) is 0 Å². The Morgan fingerprint density at radius 3 is 2.14 bits per heavy atom. The number of benzene rings is 1. The predicted octanol–water partition coefficient (Wildman–Crippen LogP) is 1.59. The monoisotopic (exact) mass is 195 g/mol. The third-order valence-corrected chi connectivity index (χ3v) is 1.48. The summed E-state index contributed by atoms with van der Waals surface area (Å²) in [6, 6.07) is 7.50. The van der Waals surface area contributed by atoms with Gasteiger partial charge in [0, 0.05) is 0 Å². The average molecular weight is 195 g/mol. The van der Waals surface area contributed by atoms with E-state index in [9.17, 15) is 4.79 Å². The number of carboxylic acids is 1. The van der Waals surface area contributed by atoms with Gasteiger partial charge < -0.3 is 10.8 Å². The van der Waals surface area contributed by atoms with Crippen molar-refractivity contribution >= 4 is 5.97 Å². The van der Waals surface area contributed by atoms with Crippen LogP contribution >= 0.6 is 0 Å². The zero-order valence-corrected chi connectivity index (χ0v) is 8.66. The average Bonchev–Trinajstić information content (AvgIpc) is 2.09. The first-order valence-corrected chi connectivity index (χ1v) is 4.57. The third kappa shape index (κ3) is 6.20. The Kier molecular flexibility index (Phi) is 6.41. The zero-order chi connectivity index (χ0) is 11.0. The smallest absolute Gasteiger partial charge is 0.307 e. The number of hydrogen-bond acceptors (Lipinski definition) is 2. The van der Waals surface area contributed by atoms with Gasteiger partial charge in [-0.15, -0.1) is 0 Å². The number of carboxylic acid groups (broad SMARTS) is 1. The van der Waals surface area contributed by atoms with Gasteiger partial charge in [-0.2, -0.15) is 0 Å². The highest BCUT2D eigenvalue weighted by molar-refractivity contribution is 5.70. The first-order chi connectivity index (χ1) is 6.60. The zero-order valence-electron chi connectivity index (χ0n) is 8.66. The van der Waals surface area contributed by atoms with Crippen LogP contribution in [0.5, 0.6) is 0 Å². The summed E-state index contributed by atoms with van der Waals surface area (Å²) in [6.45, 7) is 4.63. The summed E-state index contributed by atoms with van der Waals surface area (Å²) in [5.74, 6) is -0.783. The van der Waals surface area contributed by atoms with E-state index in [1.807, 2.05) is 38.1 Å². The molecule has 0 aliphatic carbocycles. The molecule has 78 valence electrons. The highest BCUT2D eigenvalue weighted by Gasteiger charge is 1.97. The van der Waals surface area contributed by atoms with Gasteiger partial charge in [-0.25, -0.2) is 0 Å². The fraction of sp³-hybridized carbons (Fsp3) is 0.364. The molecule has 0 bridgehead atoms. The number of hydrogen-bond donors (Lipinski definition) is 2. The summed E-state index contributed by atoms with van der Waals surface area (Å²) in [7, 11) is 0. The number of rotatable bonds is 2.